The van der Waals surface area contributed by atoms with Gasteiger partial charge in [-0.1, -0.05) is 11.6 Å². The highest BCUT2D eigenvalue weighted by atomic mass is 35.5. The quantitative estimate of drug-likeness (QED) is 0.518. The number of hydrogen-bond acceptors (Lipinski definition) is 5. The molecule has 0 saturated heterocycles. The molecule has 0 radical (unpaired) electrons. The molecule has 18 heavy (non-hydrogen) atoms. The highest BCUT2D eigenvalue weighted by Crippen LogP contribution is 2.28. The summed E-state index contributed by atoms with van der Waals surface area (Å²) in [6, 6.07) is 3.61. The summed E-state index contributed by atoms with van der Waals surface area (Å²) >= 11 is 5.60. The zero-order valence-electron chi connectivity index (χ0n) is 9.09. The molecule has 0 aliphatic rings. The van der Waals surface area contributed by atoms with Crippen molar-refractivity contribution in [3.8, 4) is 0 Å². The molecule has 0 bridgehead atoms. The summed E-state index contributed by atoms with van der Waals surface area (Å²) in [6.07, 6.45) is 0. The number of nitrogens with one attached hydrogen (secondary N) is 2. The lowest BCUT2D eigenvalue weighted by Gasteiger charge is -2.08. The molecule has 0 aliphatic heterocycles. The molecule has 0 atom stereocenters. The normalized spacial score (nSPS) is 11.2. The zero-order valence-corrected chi connectivity index (χ0v) is 10.7. The Morgan fingerprint density at radius 1 is 1.44 bits per heavy atom. The van der Waals surface area contributed by atoms with Crippen LogP contribution in [0, 0.1) is 10.1 Å². The first-order valence-corrected chi connectivity index (χ1v) is 6.63. The topological polar surface area (TPSA) is 127 Å². The SMILES string of the molecule is NCCNS(=O)(=O)Nc1ccc(Cl)cc1[N+](=O)[O-]. The third kappa shape index (κ3) is 4.11. The fourth-order valence-electron chi connectivity index (χ4n) is 1.12. The van der Waals surface area contributed by atoms with Crippen molar-refractivity contribution in [1.29, 1.82) is 0 Å². The molecular formula is C8H11ClN4O4S. The van der Waals surface area contributed by atoms with Crippen LogP contribution in [-0.4, -0.2) is 26.4 Å². The molecule has 0 spiro atoms. The van der Waals surface area contributed by atoms with Gasteiger partial charge < -0.3 is 5.73 Å². The number of nitrogens with zero attached hydrogens (tertiary/aromatic N) is 1. The summed E-state index contributed by atoms with van der Waals surface area (Å²) in [6.45, 7) is 0.139. The first kappa shape index (κ1) is 14.6. The third-order valence-corrected chi connectivity index (χ3v) is 3.15. The smallest absolute Gasteiger partial charge is 0.299 e. The number of anilines is 1. The Balaban J connectivity index is 3.01. The van der Waals surface area contributed by atoms with E-state index in [1.807, 2.05) is 4.72 Å². The largest absolute Gasteiger partial charge is 0.329 e. The van der Waals surface area contributed by atoms with Crippen molar-refractivity contribution in [2.75, 3.05) is 17.8 Å². The second-order valence-electron chi connectivity index (χ2n) is 3.21. The average molecular weight is 295 g/mol. The van der Waals surface area contributed by atoms with Gasteiger partial charge in [-0.05, 0) is 12.1 Å². The number of halogens is 1. The highest BCUT2D eigenvalue weighted by molar-refractivity contribution is 7.90. The molecule has 0 fully saturated rings. The van der Waals surface area contributed by atoms with E-state index in [0.717, 1.165) is 6.07 Å². The van der Waals surface area contributed by atoms with Crippen molar-refractivity contribution >= 4 is 33.2 Å². The van der Waals surface area contributed by atoms with Crippen LogP contribution in [0.4, 0.5) is 11.4 Å². The Bertz CT molecular complexity index is 548. The van der Waals surface area contributed by atoms with Crippen LogP contribution in [0.3, 0.4) is 0 Å². The minimum atomic E-state index is -3.89. The van der Waals surface area contributed by atoms with Gasteiger partial charge in [0.25, 0.3) is 15.9 Å². The summed E-state index contributed by atoms with van der Waals surface area (Å²) in [5.41, 5.74) is 4.54. The molecule has 0 saturated carbocycles. The van der Waals surface area contributed by atoms with Crippen molar-refractivity contribution < 1.29 is 13.3 Å². The van der Waals surface area contributed by atoms with Gasteiger partial charge in [0.2, 0.25) is 0 Å². The van der Waals surface area contributed by atoms with Crippen molar-refractivity contribution in [3.63, 3.8) is 0 Å². The minimum Gasteiger partial charge on any atom is -0.329 e. The molecule has 0 aliphatic carbocycles. The van der Waals surface area contributed by atoms with E-state index in [9.17, 15) is 18.5 Å². The Morgan fingerprint density at radius 2 is 2.11 bits per heavy atom. The van der Waals surface area contributed by atoms with Crippen LogP contribution in [0.15, 0.2) is 18.2 Å². The Morgan fingerprint density at radius 3 is 2.67 bits per heavy atom. The molecule has 0 aromatic heterocycles. The number of hydrogen-bond donors (Lipinski definition) is 3. The molecule has 1 aromatic carbocycles. The van der Waals surface area contributed by atoms with Gasteiger partial charge in [-0.2, -0.15) is 13.1 Å². The van der Waals surface area contributed by atoms with Gasteiger partial charge in [0, 0.05) is 24.2 Å². The summed E-state index contributed by atoms with van der Waals surface area (Å²) in [5.74, 6) is 0. The van der Waals surface area contributed by atoms with Gasteiger partial charge in [-0.3, -0.25) is 14.8 Å². The number of nitrogens with two attached hydrogens (primary N) is 1. The molecule has 0 amide bonds. The number of rotatable bonds is 6. The molecule has 10 heteroatoms. The predicted octanol–water partition coefficient (Wildman–Crippen LogP) is 0.453. The van der Waals surface area contributed by atoms with E-state index in [-0.39, 0.29) is 23.8 Å². The first-order valence-electron chi connectivity index (χ1n) is 4.77. The maximum Gasteiger partial charge on any atom is 0.299 e. The minimum absolute atomic E-state index is 0.0245. The van der Waals surface area contributed by atoms with Crippen molar-refractivity contribution in [1.82, 2.24) is 4.72 Å². The monoisotopic (exact) mass is 294 g/mol. The van der Waals surface area contributed by atoms with E-state index in [1.165, 1.54) is 12.1 Å². The maximum absolute atomic E-state index is 11.5. The molecule has 1 aromatic rings. The van der Waals surface area contributed by atoms with Crippen LogP contribution in [0.2, 0.25) is 5.02 Å². The summed E-state index contributed by atoms with van der Waals surface area (Å²) < 4.78 is 27.1. The van der Waals surface area contributed by atoms with Crippen LogP contribution >= 0.6 is 11.6 Å². The fourth-order valence-corrected chi connectivity index (χ4v) is 2.20. The second-order valence-corrected chi connectivity index (χ2v) is 5.14. The molecule has 0 unspecified atom stereocenters. The van der Waals surface area contributed by atoms with E-state index < -0.39 is 20.8 Å². The molecule has 100 valence electrons. The van der Waals surface area contributed by atoms with Crippen molar-refractivity contribution in [3.05, 3.63) is 33.3 Å². The van der Waals surface area contributed by atoms with Crippen molar-refractivity contribution in [2.24, 2.45) is 5.73 Å². The molecule has 4 N–H and O–H groups in total. The van der Waals surface area contributed by atoms with E-state index >= 15 is 0 Å². The summed E-state index contributed by atoms with van der Waals surface area (Å²) in [4.78, 5) is 10.0. The third-order valence-electron chi connectivity index (χ3n) is 1.84. The number of nitro groups is 1. The van der Waals surface area contributed by atoms with Crippen LogP contribution in [-0.2, 0) is 10.2 Å². The zero-order chi connectivity index (χ0) is 13.8. The Labute approximate surface area is 108 Å². The van der Waals surface area contributed by atoms with Crippen molar-refractivity contribution in [2.45, 2.75) is 0 Å². The van der Waals surface area contributed by atoms with Gasteiger partial charge >= 0.3 is 0 Å². The van der Waals surface area contributed by atoms with Gasteiger partial charge in [0.15, 0.2) is 0 Å². The van der Waals surface area contributed by atoms with E-state index in [2.05, 4.69) is 4.72 Å². The lowest BCUT2D eigenvalue weighted by atomic mass is 10.3. The summed E-state index contributed by atoms with van der Waals surface area (Å²) in [5, 5.41) is 10.9. The summed E-state index contributed by atoms with van der Waals surface area (Å²) in [7, 11) is -3.89. The van der Waals surface area contributed by atoms with Gasteiger partial charge in [0.05, 0.1) is 4.92 Å². The molecule has 8 nitrogen and oxygen atoms in total. The number of benzene rings is 1. The van der Waals surface area contributed by atoms with E-state index in [0.29, 0.717) is 0 Å². The van der Waals surface area contributed by atoms with E-state index in [4.69, 9.17) is 17.3 Å². The Hall–Kier alpha value is -1.42. The van der Waals surface area contributed by atoms with Crippen LogP contribution in [0.1, 0.15) is 0 Å². The lowest BCUT2D eigenvalue weighted by molar-refractivity contribution is -0.383. The van der Waals surface area contributed by atoms with Crippen LogP contribution in [0.5, 0.6) is 0 Å². The molecule has 0 heterocycles. The highest BCUT2D eigenvalue weighted by Gasteiger charge is 2.18. The van der Waals surface area contributed by atoms with Crippen LogP contribution < -0.4 is 15.2 Å². The first-order chi connectivity index (χ1) is 8.35. The molecule has 1 rings (SSSR count). The molecular weight excluding hydrogens is 284 g/mol. The van der Waals surface area contributed by atoms with Crippen LogP contribution in [0.25, 0.3) is 0 Å². The van der Waals surface area contributed by atoms with Gasteiger partial charge in [-0.25, -0.2) is 0 Å². The van der Waals surface area contributed by atoms with E-state index in [1.54, 1.807) is 0 Å². The predicted molar refractivity (Wildman–Crippen MR) is 67.7 cm³/mol. The maximum atomic E-state index is 11.5. The fraction of sp³-hybridized carbons (Fsp3) is 0.250. The standard InChI is InChI=1S/C8H11ClN4O4S/c9-6-1-2-7(8(5-6)13(14)15)12-18(16,17)11-4-3-10/h1-2,5,11-12H,3-4,10H2. The van der Waals surface area contributed by atoms with Gasteiger partial charge in [0.1, 0.15) is 5.69 Å². The lowest BCUT2D eigenvalue weighted by Crippen LogP contribution is -2.34. The average Bonchev–Trinajstić information content (AvgIpc) is 2.28. The second kappa shape index (κ2) is 5.96. The van der Waals surface area contributed by atoms with Gasteiger partial charge in [-0.15, -0.1) is 0 Å². The number of nitro benzene ring substituents is 1. The Kier molecular flexibility index (Phi) is 4.84.